The van der Waals surface area contributed by atoms with Gasteiger partial charge in [-0.25, -0.2) is 22.0 Å². The Kier molecular flexibility index (Phi) is 7.30. The van der Waals surface area contributed by atoms with E-state index in [2.05, 4.69) is 0 Å². The molecule has 1 unspecified atom stereocenters. The van der Waals surface area contributed by atoms with Gasteiger partial charge < -0.3 is 15.4 Å². The third-order valence-corrected chi connectivity index (χ3v) is 7.13. The number of hydrogen-bond donors (Lipinski definition) is 2. The van der Waals surface area contributed by atoms with Crippen molar-refractivity contribution in [1.82, 2.24) is 9.21 Å². The van der Waals surface area contributed by atoms with E-state index in [9.17, 15) is 22.0 Å². The van der Waals surface area contributed by atoms with E-state index >= 15 is 0 Å². The molecule has 1 aliphatic heterocycles. The molecule has 12 heteroatoms. The average molecular weight is 482 g/mol. The van der Waals surface area contributed by atoms with Gasteiger partial charge in [0.1, 0.15) is 11.9 Å². The van der Waals surface area contributed by atoms with Gasteiger partial charge in [-0.1, -0.05) is 0 Å². The number of nitrogen functional groups attached to an aromatic ring is 1. The first kappa shape index (κ1) is 24.6. The highest BCUT2D eigenvalue weighted by molar-refractivity contribution is 7.89. The highest BCUT2D eigenvalue weighted by Crippen LogP contribution is 2.23. The second-order valence-electron chi connectivity index (χ2n) is 7.74. The number of ether oxygens (including phenoxy) is 1. The van der Waals surface area contributed by atoms with Crippen LogP contribution in [0.1, 0.15) is 5.56 Å². The van der Waals surface area contributed by atoms with Gasteiger partial charge >= 0.3 is 6.09 Å². The van der Waals surface area contributed by atoms with Crippen LogP contribution in [0.25, 0.3) is 0 Å². The summed E-state index contributed by atoms with van der Waals surface area (Å²) in [6.45, 7) is 1.09. The molecule has 1 atom stereocenters. The Morgan fingerprint density at radius 2 is 1.82 bits per heavy atom. The van der Waals surface area contributed by atoms with Crippen LogP contribution in [-0.2, 0) is 14.8 Å². The summed E-state index contributed by atoms with van der Waals surface area (Å²) in [7, 11) is -0.868. The lowest BCUT2D eigenvalue weighted by molar-refractivity contribution is 0.116. The lowest BCUT2D eigenvalue weighted by Gasteiger charge is -2.23. The van der Waals surface area contributed by atoms with Crippen molar-refractivity contribution in [3.05, 3.63) is 59.7 Å². The Morgan fingerprint density at radius 1 is 1.15 bits per heavy atom. The zero-order valence-electron chi connectivity index (χ0n) is 18.2. The minimum absolute atomic E-state index is 0.0680. The molecule has 0 saturated carbocycles. The molecular formula is C21H25F2N5O4S. The van der Waals surface area contributed by atoms with E-state index in [-0.39, 0.29) is 17.3 Å². The maximum absolute atomic E-state index is 13.4. The van der Waals surface area contributed by atoms with E-state index in [0.717, 1.165) is 16.4 Å². The van der Waals surface area contributed by atoms with Crippen LogP contribution in [0.2, 0.25) is 0 Å². The topological polar surface area (TPSA) is 120 Å². The number of cyclic esters (lactones) is 1. The molecule has 0 bridgehead atoms. The second kappa shape index (κ2) is 9.81. The van der Waals surface area contributed by atoms with Crippen molar-refractivity contribution in [2.24, 2.45) is 5.73 Å². The summed E-state index contributed by atoms with van der Waals surface area (Å²) in [4.78, 5) is 15.2. The second-order valence-corrected chi connectivity index (χ2v) is 9.79. The Balaban J connectivity index is 1.54. The van der Waals surface area contributed by atoms with Gasteiger partial charge in [-0.15, -0.1) is 0 Å². The van der Waals surface area contributed by atoms with Gasteiger partial charge in [0.2, 0.25) is 10.0 Å². The van der Waals surface area contributed by atoms with E-state index in [1.807, 2.05) is 4.90 Å². The van der Waals surface area contributed by atoms with Crippen LogP contribution >= 0.6 is 0 Å². The minimum atomic E-state index is -3.98. The fraction of sp³-hybridized carbons (Fsp3) is 0.333. The molecule has 3 rings (SSSR count). The molecule has 2 aromatic rings. The first-order valence-corrected chi connectivity index (χ1v) is 11.5. The third kappa shape index (κ3) is 5.64. The zero-order valence-corrected chi connectivity index (χ0v) is 19.0. The number of nitrogens with two attached hydrogens (primary N) is 1. The summed E-state index contributed by atoms with van der Waals surface area (Å²) in [6, 6.07) is 9.10. The number of hydrogen-bond acceptors (Lipinski definition) is 6. The maximum atomic E-state index is 13.4. The number of carbonyl (C=O) groups is 1. The van der Waals surface area contributed by atoms with Crippen LogP contribution in [0.4, 0.5) is 19.3 Å². The first-order valence-electron chi connectivity index (χ1n) is 10.0. The number of amidine groups is 1. The molecule has 1 aliphatic rings. The molecule has 1 fully saturated rings. The standard InChI is InChI=1S/C21H25F2N5O4S/c1-26(9-10-27(2)33(30,31)17-7-8-18(22)19(23)11-17)12-16-13-28(21(29)32-16)15-5-3-14(4-6-15)20(24)25/h3-8,11,16H,9-10,12-13H2,1-2H3,(H3,24,25). The number of amides is 1. The van der Waals surface area contributed by atoms with Gasteiger partial charge in [-0.05, 0) is 49.5 Å². The van der Waals surface area contributed by atoms with Crippen LogP contribution in [0.15, 0.2) is 47.4 Å². The van der Waals surface area contributed by atoms with E-state index < -0.39 is 33.9 Å². The number of rotatable bonds is 9. The molecule has 0 radical (unpaired) electrons. The number of halogens is 2. The summed E-state index contributed by atoms with van der Waals surface area (Å²) >= 11 is 0. The predicted octanol–water partition coefficient (Wildman–Crippen LogP) is 1.83. The fourth-order valence-electron chi connectivity index (χ4n) is 3.34. The van der Waals surface area contributed by atoms with Gasteiger partial charge in [-0.2, -0.15) is 4.31 Å². The number of benzene rings is 2. The number of sulfonamides is 1. The molecule has 1 amide bonds. The lowest BCUT2D eigenvalue weighted by Crippen LogP contribution is -2.38. The van der Waals surface area contributed by atoms with Gasteiger partial charge in [0.05, 0.1) is 11.4 Å². The smallest absolute Gasteiger partial charge is 0.414 e. The fourth-order valence-corrected chi connectivity index (χ4v) is 4.51. The van der Waals surface area contributed by atoms with Crippen molar-refractivity contribution in [3.63, 3.8) is 0 Å². The van der Waals surface area contributed by atoms with Crippen molar-refractivity contribution in [2.45, 2.75) is 11.0 Å². The molecule has 33 heavy (non-hydrogen) atoms. The van der Waals surface area contributed by atoms with Crippen molar-refractivity contribution in [3.8, 4) is 0 Å². The summed E-state index contributed by atoms with van der Waals surface area (Å²) < 4.78 is 58.2. The van der Waals surface area contributed by atoms with Crippen molar-refractivity contribution in [1.29, 1.82) is 5.41 Å². The van der Waals surface area contributed by atoms with Crippen LogP contribution < -0.4 is 10.6 Å². The van der Waals surface area contributed by atoms with Crippen molar-refractivity contribution >= 4 is 27.6 Å². The number of anilines is 1. The molecule has 0 aromatic heterocycles. The molecule has 0 aliphatic carbocycles. The number of nitrogens with one attached hydrogen (secondary N) is 1. The zero-order chi connectivity index (χ0) is 24.3. The Labute approximate surface area is 190 Å². The van der Waals surface area contributed by atoms with Crippen LogP contribution in [0.5, 0.6) is 0 Å². The summed E-state index contributed by atoms with van der Waals surface area (Å²) in [5.41, 5.74) is 6.61. The molecular weight excluding hydrogens is 456 g/mol. The summed E-state index contributed by atoms with van der Waals surface area (Å²) in [5.74, 6) is -2.42. The van der Waals surface area contributed by atoms with E-state index in [1.165, 1.54) is 11.9 Å². The van der Waals surface area contributed by atoms with Crippen LogP contribution in [-0.4, -0.2) is 75.9 Å². The largest absolute Gasteiger partial charge is 0.443 e. The first-order chi connectivity index (χ1) is 15.5. The summed E-state index contributed by atoms with van der Waals surface area (Å²) in [6.07, 6.45) is -0.926. The predicted molar refractivity (Wildman–Crippen MR) is 119 cm³/mol. The SMILES string of the molecule is CN(CCN(C)S(=O)(=O)c1ccc(F)c(F)c1)CC1CN(c2ccc(C(=N)N)cc2)C(=O)O1. The van der Waals surface area contributed by atoms with E-state index in [1.54, 1.807) is 31.3 Å². The van der Waals surface area contributed by atoms with Crippen molar-refractivity contribution < 1.29 is 26.7 Å². The van der Waals surface area contributed by atoms with Crippen molar-refractivity contribution in [2.75, 3.05) is 45.2 Å². The Morgan fingerprint density at radius 3 is 2.42 bits per heavy atom. The molecule has 0 spiro atoms. The van der Waals surface area contributed by atoms with Gasteiger partial charge in [-0.3, -0.25) is 10.3 Å². The average Bonchev–Trinajstić information content (AvgIpc) is 3.13. The Bertz CT molecular complexity index is 1140. The monoisotopic (exact) mass is 481 g/mol. The summed E-state index contributed by atoms with van der Waals surface area (Å²) in [5, 5.41) is 7.43. The molecule has 1 saturated heterocycles. The highest BCUT2D eigenvalue weighted by atomic mass is 32.2. The van der Waals surface area contributed by atoms with E-state index in [0.29, 0.717) is 37.0 Å². The lowest BCUT2D eigenvalue weighted by atomic mass is 10.2. The molecule has 178 valence electrons. The van der Waals surface area contributed by atoms with Crippen LogP contribution in [0, 0.1) is 17.0 Å². The molecule has 9 nitrogen and oxygen atoms in total. The highest BCUT2D eigenvalue weighted by Gasteiger charge is 2.33. The van der Waals surface area contributed by atoms with Gasteiger partial charge in [0.15, 0.2) is 11.6 Å². The normalized spacial score (nSPS) is 16.5. The third-order valence-electron chi connectivity index (χ3n) is 5.28. The van der Waals surface area contributed by atoms with Gasteiger partial charge in [0, 0.05) is 37.9 Å². The van der Waals surface area contributed by atoms with E-state index in [4.69, 9.17) is 15.9 Å². The number of carbonyl (C=O) groups excluding carboxylic acids is 1. The molecule has 2 aromatic carbocycles. The number of likely N-dealkylation sites (N-methyl/N-ethyl adjacent to an activating group) is 2. The molecule has 3 N–H and O–H groups in total. The van der Waals surface area contributed by atoms with Crippen LogP contribution in [0.3, 0.4) is 0 Å². The molecule has 1 heterocycles. The number of nitrogens with zero attached hydrogens (tertiary/aromatic N) is 3. The Hall–Kier alpha value is -3.09. The quantitative estimate of drug-likeness (QED) is 0.417. The maximum Gasteiger partial charge on any atom is 0.414 e. The minimum Gasteiger partial charge on any atom is -0.443 e. The van der Waals surface area contributed by atoms with Gasteiger partial charge in [0.25, 0.3) is 0 Å².